The Morgan fingerprint density at radius 1 is 1.24 bits per heavy atom. The van der Waals surface area contributed by atoms with Gasteiger partial charge in [0.2, 0.25) is 0 Å². The number of carbonyl (C=O) groups excluding carboxylic acids is 1. The Morgan fingerprint density at radius 3 is 2.53 bits per heavy atom. The lowest BCUT2D eigenvalue weighted by atomic mass is 10.1. The number of hydrogen-bond acceptors (Lipinski definition) is 3. The zero-order valence-corrected chi connectivity index (χ0v) is 11.9. The molecular formula is C13H17IN2O. The van der Waals surface area contributed by atoms with Gasteiger partial charge in [-0.05, 0) is 40.3 Å². The summed E-state index contributed by atoms with van der Waals surface area (Å²) < 4.78 is 1.21. The van der Waals surface area contributed by atoms with Gasteiger partial charge in [-0.15, -0.1) is 0 Å². The standard InChI is InChI=1S/C13H17IN2O/c14-12-3-1-11(2-4-12)9-13(17)10-16-7-5-15-6-8-16/h1-4,15H,5-10H2. The topological polar surface area (TPSA) is 32.3 Å². The van der Waals surface area contributed by atoms with Crippen LogP contribution >= 0.6 is 22.6 Å². The molecular weight excluding hydrogens is 327 g/mol. The minimum Gasteiger partial charge on any atom is -0.314 e. The number of carbonyl (C=O) groups is 1. The Bertz CT molecular complexity index is 372. The SMILES string of the molecule is O=C(Cc1ccc(I)cc1)CN1CCNCC1. The van der Waals surface area contributed by atoms with Crippen LogP contribution in [0.5, 0.6) is 0 Å². The molecule has 0 amide bonds. The maximum absolute atomic E-state index is 11.9. The van der Waals surface area contributed by atoms with Crippen LogP contribution in [0.4, 0.5) is 0 Å². The average molecular weight is 344 g/mol. The van der Waals surface area contributed by atoms with Crippen molar-refractivity contribution in [2.75, 3.05) is 32.7 Å². The molecule has 0 spiro atoms. The molecule has 0 unspecified atom stereocenters. The number of benzene rings is 1. The lowest BCUT2D eigenvalue weighted by Gasteiger charge is -2.26. The molecule has 17 heavy (non-hydrogen) atoms. The van der Waals surface area contributed by atoms with Gasteiger partial charge in [-0.25, -0.2) is 0 Å². The third kappa shape index (κ3) is 4.37. The summed E-state index contributed by atoms with van der Waals surface area (Å²) in [5.74, 6) is 0.313. The quantitative estimate of drug-likeness (QED) is 0.836. The summed E-state index contributed by atoms with van der Waals surface area (Å²) in [6.45, 7) is 4.55. The lowest BCUT2D eigenvalue weighted by Crippen LogP contribution is -2.45. The highest BCUT2D eigenvalue weighted by molar-refractivity contribution is 14.1. The Hall–Kier alpha value is -0.460. The Labute approximate surface area is 116 Å². The number of nitrogens with one attached hydrogen (secondary N) is 1. The van der Waals surface area contributed by atoms with Crippen LogP contribution in [-0.2, 0) is 11.2 Å². The second-order valence-corrected chi connectivity index (χ2v) is 5.61. The van der Waals surface area contributed by atoms with Crippen LogP contribution in [0, 0.1) is 3.57 Å². The van der Waals surface area contributed by atoms with Gasteiger partial charge < -0.3 is 5.32 Å². The van der Waals surface area contributed by atoms with Crippen LogP contribution in [0.2, 0.25) is 0 Å². The van der Waals surface area contributed by atoms with E-state index in [1.165, 1.54) is 3.57 Å². The van der Waals surface area contributed by atoms with Gasteiger partial charge in [0.1, 0.15) is 0 Å². The van der Waals surface area contributed by atoms with Crippen molar-refractivity contribution in [3.8, 4) is 0 Å². The Balaban J connectivity index is 1.82. The first kappa shape index (κ1) is 13.0. The van der Waals surface area contributed by atoms with Gasteiger partial charge in [0, 0.05) is 36.2 Å². The maximum atomic E-state index is 11.9. The van der Waals surface area contributed by atoms with Crippen LogP contribution in [0.1, 0.15) is 5.56 Å². The molecule has 1 aliphatic heterocycles. The minimum absolute atomic E-state index is 0.313. The van der Waals surface area contributed by atoms with Crippen LogP contribution in [0.3, 0.4) is 0 Å². The number of halogens is 1. The number of hydrogen-bond donors (Lipinski definition) is 1. The first-order valence-corrected chi connectivity index (χ1v) is 7.01. The third-order valence-corrected chi connectivity index (χ3v) is 3.64. The number of rotatable bonds is 4. The molecule has 0 aromatic heterocycles. The molecule has 92 valence electrons. The maximum Gasteiger partial charge on any atom is 0.151 e. The van der Waals surface area contributed by atoms with Crippen LogP contribution < -0.4 is 5.32 Å². The highest BCUT2D eigenvalue weighted by Crippen LogP contribution is 2.08. The summed E-state index contributed by atoms with van der Waals surface area (Å²) in [6, 6.07) is 8.18. The highest BCUT2D eigenvalue weighted by Gasteiger charge is 2.13. The van der Waals surface area contributed by atoms with E-state index in [0.29, 0.717) is 18.7 Å². The highest BCUT2D eigenvalue weighted by atomic mass is 127. The average Bonchev–Trinajstić information content (AvgIpc) is 2.33. The summed E-state index contributed by atoms with van der Waals surface area (Å²) in [7, 11) is 0. The molecule has 1 aromatic carbocycles. The molecule has 0 saturated carbocycles. The van der Waals surface area contributed by atoms with Crippen molar-refractivity contribution in [2.24, 2.45) is 0 Å². The van der Waals surface area contributed by atoms with Crippen LogP contribution in [-0.4, -0.2) is 43.4 Å². The van der Waals surface area contributed by atoms with Gasteiger partial charge in [-0.2, -0.15) is 0 Å². The van der Waals surface area contributed by atoms with E-state index in [0.717, 1.165) is 31.7 Å². The molecule has 1 heterocycles. The molecule has 1 aliphatic rings. The zero-order chi connectivity index (χ0) is 12.1. The molecule has 0 radical (unpaired) electrons. The third-order valence-electron chi connectivity index (χ3n) is 2.92. The predicted molar refractivity (Wildman–Crippen MR) is 77.2 cm³/mol. The van der Waals surface area contributed by atoms with E-state index in [2.05, 4.69) is 32.8 Å². The van der Waals surface area contributed by atoms with Gasteiger partial charge in [0.25, 0.3) is 0 Å². The predicted octanol–water partition coefficient (Wildman–Crippen LogP) is 1.31. The molecule has 3 nitrogen and oxygen atoms in total. The number of ketones is 1. The van der Waals surface area contributed by atoms with Crippen molar-refractivity contribution in [2.45, 2.75) is 6.42 Å². The van der Waals surface area contributed by atoms with E-state index in [4.69, 9.17) is 0 Å². The first-order chi connectivity index (χ1) is 8.24. The molecule has 1 fully saturated rings. The molecule has 1 saturated heterocycles. The van der Waals surface area contributed by atoms with Gasteiger partial charge in [0.05, 0.1) is 6.54 Å². The zero-order valence-electron chi connectivity index (χ0n) is 9.79. The molecule has 0 aliphatic carbocycles. The van der Waals surface area contributed by atoms with Crippen molar-refractivity contribution in [3.63, 3.8) is 0 Å². The summed E-state index contributed by atoms with van der Waals surface area (Å²) in [6.07, 6.45) is 0.556. The van der Waals surface area contributed by atoms with Gasteiger partial charge in [0.15, 0.2) is 5.78 Å². The molecule has 4 heteroatoms. The van der Waals surface area contributed by atoms with Gasteiger partial charge in [-0.1, -0.05) is 12.1 Å². The fourth-order valence-corrected chi connectivity index (χ4v) is 2.36. The van der Waals surface area contributed by atoms with Crippen molar-refractivity contribution in [3.05, 3.63) is 33.4 Å². The summed E-state index contributed by atoms with van der Waals surface area (Å²) in [5.41, 5.74) is 1.12. The molecule has 1 N–H and O–H groups in total. The Kier molecular flexibility index (Phi) is 4.94. The fraction of sp³-hybridized carbons (Fsp3) is 0.462. The fourth-order valence-electron chi connectivity index (χ4n) is 2.00. The van der Waals surface area contributed by atoms with E-state index < -0.39 is 0 Å². The molecule has 0 atom stereocenters. The van der Waals surface area contributed by atoms with Crippen LogP contribution in [0.15, 0.2) is 24.3 Å². The van der Waals surface area contributed by atoms with Crippen molar-refractivity contribution in [1.82, 2.24) is 10.2 Å². The monoisotopic (exact) mass is 344 g/mol. The first-order valence-electron chi connectivity index (χ1n) is 5.93. The minimum atomic E-state index is 0.313. The van der Waals surface area contributed by atoms with E-state index in [1.807, 2.05) is 24.3 Å². The summed E-state index contributed by atoms with van der Waals surface area (Å²) in [4.78, 5) is 14.1. The number of nitrogens with zero attached hydrogens (tertiary/aromatic N) is 1. The van der Waals surface area contributed by atoms with Crippen LogP contribution in [0.25, 0.3) is 0 Å². The Morgan fingerprint density at radius 2 is 1.88 bits per heavy atom. The van der Waals surface area contributed by atoms with Crippen molar-refractivity contribution < 1.29 is 4.79 Å². The molecule has 0 bridgehead atoms. The van der Waals surface area contributed by atoms with E-state index in [9.17, 15) is 4.79 Å². The second-order valence-electron chi connectivity index (χ2n) is 4.37. The van der Waals surface area contributed by atoms with Gasteiger partial charge in [-0.3, -0.25) is 9.69 Å². The van der Waals surface area contributed by atoms with E-state index in [-0.39, 0.29) is 0 Å². The van der Waals surface area contributed by atoms with Crippen molar-refractivity contribution in [1.29, 1.82) is 0 Å². The number of Topliss-reactive ketones (excluding diaryl/α,β-unsaturated/α-hetero) is 1. The van der Waals surface area contributed by atoms with Gasteiger partial charge >= 0.3 is 0 Å². The molecule has 1 aromatic rings. The summed E-state index contributed by atoms with van der Waals surface area (Å²) >= 11 is 2.27. The smallest absolute Gasteiger partial charge is 0.151 e. The lowest BCUT2D eigenvalue weighted by molar-refractivity contribution is -0.119. The normalized spacial score (nSPS) is 17.0. The van der Waals surface area contributed by atoms with Crippen molar-refractivity contribution >= 4 is 28.4 Å². The van der Waals surface area contributed by atoms with E-state index >= 15 is 0 Å². The second kappa shape index (κ2) is 6.47. The number of piperazine rings is 1. The van der Waals surface area contributed by atoms with E-state index in [1.54, 1.807) is 0 Å². The summed E-state index contributed by atoms with van der Waals surface area (Å²) in [5, 5.41) is 3.29. The largest absolute Gasteiger partial charge is 0.314 e. The molecule has 2 rings (SSSR count).